The van der Waals surface area contributed by atoms with E-state index in [1.165, 1.54) is 31.5 Å². The van der Waals surface area contributed by atoms with Gasteiger partial charge in [0.2, 0.25) is 0 Å². The largest absolute Gasteiger partial charge is 0.367 e. The monoisotopic (exact) mass is 507 g/mol. The number of aliphatic imine (C=N–C) groups is 1. The van der Waals surface area contributed by atoms with Crippen molar-refractivity contribution in [2.75, 3.05) is 51.2 Å². The molecule has 0 amide bonds. The van der Waals surface area contributed by atoms with Crippen LogP contribution in [0.4, 0.5) is 14.5 Å². The third-order valence-corrected chi connectivity index (χ3v) is 5.35. The minimum absolute atomic E-state index is 0. The molecule has 158 valence electrons. The Morgan fingerprint density at radius 2 is 2.04 bits per heavy atom. The van der Waals surface area contributed by atoms with Crippen LogP contribution in [0.25, 0.3) is 0 Å². The highest BCUT2D eigenvalue weighted by molar-refractivity contribution is 14.0. The normalized spacial score (nSPS) is 23.4. The Morgan fingerprint density at radius 1 is 1.21 bits per heavy atom. The van der Waals surface area contributed by atoms with E-state index in [1.54, 1.807) is 0 Å². The average Bonchev–Trinajstić information content (AvgIpc) is 3.08. The van der Waals surface area contributed by atoms with Gasteiger partial charge in [-0.2, -0.15) is 0 Å². The number of hydrogen-bond donors (Lipinski definition) is 2. The Hall–Kier alpha value is -1.16. The van der Waals surface area contributed by atoms with E-state index < -0.39 is 11.6 Å². The van der Waals surface area contributed by atoms with Gasteiger partial charge in [0.25, 0.3) is 0 Å². The number of piperidine rings is 1. The highest BCUT2D eigenvalue weighted by atomic mass is 127. The van der Waals surface area contributed by atoms with Crippen LogP contribution < -0.4 is 15.5 Å². The average molecular weight is 507 g/mol. The van der Waals surface area contributed by atoms with E-state index in [0.29, 0.717) is 18.2 Å². The van der Waals surface area contributed by atoms with E-state index in [1.807, 2.05) is 4.90 Å². The van der Waals surface area contributed by atoms with E-state index in [4.69, 9.17) is 4.99 Å². The predicted molar refractivity (Wildman–Crippen MR) is 122 cm³/mol. The number of rotatable bonds is 5. The number of nitrogens with zero attached hydrogens (tertiary/aromatic N) is 3. The summed E-state index contributed by atoms with van der Waals surface area (Å²) in [7, 11) is 2.17. The molecule has 0 spiro atoms. The minimum Gasteiger partial charge on any atom is -0.367 e. The Labute approximate surface area is 184 Å². The van der Waals surface area contributed by atoms with Crippen molar-refractivity contribution in [3.8, 4) is 0 Å². The highest BCUT2D eigenvalue weighted by Gasteiger charge is 2.25. The topological polar surface area (TPSA) is 42.9 Å². The summed E-state index contributed by atoms with van der Waals surface area (Å²) < 4.78 is 27.2. The molecule has 2 N–H and O–H groups in total. The molecule has 1 aromatic rings. The quantitative estimate of drug-likeness (QED) is 0.366. The zero-order valence-corrected chi connectivity index (χ0v) is 19.1. The van der Waals surface area contributed by atoms with Crippen molar-refractivity contribution in [1.29, 1.82) is 0 Å². The van der Waals surface area contributed by atoms with Crippen molar-refractivity contribution >= 4 is 35.6 Å². The highest BCUT2D eigenvalue weighted by Crippen LogP contribution is 2.24. The Bertz CT molecular complexity index is 657. The first-order valence-electron chi connectivity index (χ1n) is 9.98. The number of guanidine groups is 1. The van der Waals surface area contributed by atoms with Gasteiger partial charge in [-0.05, 0) is 57.8 Å². The number of anilines is 1. The van der Waals surface area contributed by atoms with Crippen LogP contribution in [0.5, 0.6) is 0 Å². The zero-order valence-electron chi connectivity index (χ0n) is 16.8. The third kappa shape index (κ3) is 6.43. The number of halogens is 3. The summed E-state index contributed by atoms with van der Waals surface area (Å²) in [6.07, 6.45) is 3.36. The molecule has 2 aliphatic rings. The summed E-state index contributed by atoms with van der Waals surface area (Å²) in [6.45, 7) is 7.38. The van der Waals surface area contributed by atoms with Gasteiger partial charge in [-0.25, -0.2) is 8.78 Å². The summed E-state index contributed by atoms with van der Waals surface area (Å²) in [4.78, 5) is 9.12. The molecule has 1 aromatic carbocycles. The second kappa shape index (κ2) is 11.1. The van der Waals surface area contributed by atoms with E-state index >= 15 is 0 Å². The van der Waals surface area contributed by atoms with Crippen molar-refractivity contribution in [3.63, 3.8) is 0 Å². The van der Waals surface area contributed by atoms with E-state index in [9.17, 15) is 8.78 Å². The first-order chi connectivity index (χ1) is 13.0. The molecule has 8 heteroatoms. The van der Waals surface area contributed by atoms with Gasteiger partial charge >= 0.3 is 0 Å². The van der Waals surface area contributed by atoms with Gasteiger partial charge in [-0.1, -0.05) is 0 Å². The van der Waals surface area contributed by atoms with E-state index in [-0.39, 0.29) is 30.0 Å². The molecule has 2 fully saturated rings. The SMILES string of the molecule is CCNC(=NCC1CCCN(C)C1)NC1CCN(c2ccc(F)cc2F)C1.I. The lowest BCUT2D eigenvalue weighted by Crippen LogP contribution is -2.45. The van der Waals surface area contributed by atoms with Gasteiger partial charge in [0.05, 0.1) is 5.69 Å². The lowest BCUT2D eigenvalue weighted by atomic mass is 9.99. The van der Waals surface area contributed by atoms with Crippen LogP contribution in [0.3, 0.4) is 0 Å². The number of nitrogens with one attached hydrogen (secondary N) is 2. The van der Waals surface area contributed by atoms with E-state index in [0.717, 1.165) is 44.6 Å². The van der Waals surface area contributed by atoms with Crippen LogP contribution in [0.15, 0.2) is 23.2 Å². The van der Waals surface area contributed by atoms with Gasteiger partial charge < -0.3 is 20.4 Å². The lowest BCUT2D eigenvalue weighted by molar-refractivity contribution is 0.214. The van der Waals surface area contributed by atoms with E-state index in [2.05, 4.69) is 29.5 Å². The molecule has 0 radical (unpaired) electrons. The lowest BCUT2D eigenvalue weighted by Gasteiger charge is -2.29. The van der Waals surface area contributed by atoms with Crippen LogP contribution in [0.2, 0.25) is 0 Å². The summed E-state index contributed by atoms with van der Waals surface area (Å²) in [5.74, 6) is 0.391. The number of hydrogen-bond acceptors (Lipinski definition) is 3. The second-order valence-electron chi connectivity index (χ2n) is 7.66. The third-order valence-electron chi connectivity index (χ3n) is 5.35. The molecular weight excluding hydrogens is 475 g/mol. The first-order valence-corrected chi connectivity index (χ1v) is 9.98. The molecule has 5 nitrogen and oxygen atoms in total. The van der Waals surface area contributed by atoms with Crippen molar-refractivity contribution in [3.05, 3.63) is 29.8 Å². The van der Waals surface area contributed by atoms with Crippen molar-refractivity contribution in [2.24, 2.45) is 10.9 Å². The van der Waals surface area contributed by atoms with Crippen molar-refractivity contribution < 1.29 is 8.78 Å². The molecule has 0 saturated carbocycles. The Kier molecular flexibility index (Phi) is 9.20. The molecule has 2 atom stereocenters. The predicted octanol–water partition coefficient (Wildman–Crippen LogP) is 3.06. The van der Waals surface area contributed by atoms with Gasteiger partial charge in [-0.15, -0.1) is 24.0 Å². The molecule has 2 saturated heterocycles. The Morgan fingerprint density at radius 3 is 2.75 bits per heavy atom. The Balaban J connectivity index is 0.00000280. The van der Waals surface area contributed by atoms with Crippen LogP contribution in [0.1, 0.15) is 26.2 Å². The van der Waals surface area contributed by atoms with Crippen LogP contribution in [-0.2, 0) is 0 Å². The molecule has 3 rings (SSSR count). The fourth-order valence-corrected chi connectivity index (χ4v) is 3.99. The van der Waals surface area contributed by atoms with Gasteiger partial charge in [-0.3, -0.25) is 4.99 Å². The molecule has 0 aromatic heterocycles. The van der Waals surface area contributed by atoms with Crippen molar-refractivity contribution in [2.45, 2.75) is 32.2 Å². The van der Waals surface area contributed by atoms with Gasteiger partial charge in [0.15, 0.2) is 5.96 Å². The molecular formula is C20H32F2IN5. The van der Waals surface area contributed by atoms with Gasteiger partial charge in [0, 0.05) is 44.8 Å². The molecule has 28 heavy (non-hydrogen) atoms. The maximum absolute atomic E-state index is 14.0. The fraction of sp³-hybridized carbons (Fsp3) is 0.650. The standard InChI is InChI=1S/C20H31F2N5.HI/c1-3-23-20(24-12-15-5-4-9-26(2)13-15)25-17-8-10-27(14-17)19-7-6-16(21)11-18(19)22;/h6-7,11,15,17H,3-5,8-10,12-14H2,1-2H3,(H2,23,24,25);1H. The summed E-state index contributed by atoms with van der Waals surface area (Å²) in [6, 6.07) is 3.97. The summed E-state index contributed by atoms with van der Waals surface area (Å²) in [5, 5.41) is 6.80. The maximum Gasteiger partial charge on any atom is 0.191 e. The number of benzene rings is 1. The fourth-order valence-electron chi connectivity index (χ4n) is 3.99. The smallest absolute Gasteiger partial charge is 0.191 e. The number of likely N-dealkylation sites (tertiary alicyclic amines) is 1. The molecule has 2 heterocycles. The summed E-state index contributed by atoms with van der Waals surface area (Å²) in [5.41, 5.74) is 0.466. The molecule has 2 aliphatic heterocycles. The van der Waals surface area contributed by atoms with Gasteiger partial charge in [0.1, 0.15) is 11.6 Å². The van der Waals surface area contributed by atoms with Crippen LogP contribution in [-0.4, -0.2) is 63.2 Å². The molecule has 2 unspecified atom stereocenters. The minimum atomic E-state index is -0.542. The van der Waals surface area contributed by atoms with Crippen LogP contribution in [0, 0.1) is 17.6 Å². The summed E-state index contributed by atoms with van der Waals surface area (Å²) >= 11 is 0. The van der Waals surface area contributed by atoms with Crippen molar-refractivity contribution in [1.82, 2.24) is 15.5 Å². The maximum atomic E-state index is 14.0. The molecule has 0 bridgehead atoms. The first kappa shape index (κ1) is 23.1. The second-order valence-corrected chi connectivity index (χ2v) is 7.66. The zero-order chi connectivity index (χ0) is 19.2. The van der Waals surface area contributed by atoms with Crippen LogP contribution >= 0.6 is 24.0 Å². The molecule has 0 aliphatic carbocycles.